The predicted molar refractivity (Wildman–Crippen MR) is 33.9 cm³/mol. The van der Waals surface area contributed by atoms with Gasteiger partial charge in [0.05, 0.1) is 6.42 Å². The Morgan fingerprint density at radius 3 is 2.08 bits per heavy atom. The van der Waals surface area contributed by atoms with Crippen LogP contribution in [0.5, 0.6) is 0 Å². The molecule has 0 radical (unpaired) electrons. The number of primary amides is 1. The number of amides is 1. The van der Waals surface area contributed by atoms with Gasteiger partial charge >= 0.3 is 18.0 Å². The Labute approximate surface area is 66.7 Å². The van der Waals surface area contributed by atoms with Crippen LogP contribution in [0.15, 0.2) is 0 Å². The van der Waals surface area contributed by atoms with Crippen LogP contribution in [0.4, 0.5) is 4.79 Å². The smallest absolute Gasteiger partial charge is 0.402 e. The number of hydrogen-bond donors (Lipinski definition) is 3. The molecule has 0 aliphatic carbocycles. The van der Waals surface area contributed by atoms with Gasteiger partial charge in [0.2, 0.25) is 0 Å². The highest BCUT2D eigenvalue weighted by Crippen LogP contribution is 2.05. The van der Waals surface area contributed by atoms with Gasteiger partial charge in [0.25, 0.3) is 0 Å². The molecule has 1 saturated heterocycles. The summed E-state index contributed by atoms with van der Waals surface area (Å²) < 4.78 is 3.95. The van der Waals surface area contributed by atoms with Gasteiger partial charge in [-0.05, 0) is 0 Å². The number of nitrogens with two attached hydrogens (primary N) is 1. The maximum absolute atomic E-state index is 10.1. The topological polar surface area (TPSA) is 127 Å². The number of aliphatic hydroxyl groups excluding tert-OH is 1. The molecule has 1 rings (SSSR count). The molecule has 12 heavy (non-hydrogen) atoms. The lowest BCUT2D eigenvalue weighted by Crippen LogP contribution is -2.11. The van der Waals surface area contributed by atoms with Crippen molar-refractivity contribution in [1.82, 2.24) is 0 Å². The third kappa shape index (κ3) is 4.23. The van der Waals surface area contributed by atoms with Crippen molar-refractivity contribution in [3.63, 3.8) is 0 Å². The van der Waals surface area contributed by atoms with Crippen molar-refractivity contribution < 1.29 is 29.3 Å². The molecule has 1 unspecified atom stereocenters. The first kappa shape index (κ1) is 10.4. The summed E-state index contributed by atoms with van der Waals surface area (Å²) >= 11 is 0. The zero-order chi connectivity index (χ0) is 9.72. The lowest BCUT2D eigenvalue weighted by atomic mass is 10.3. The number of rotatable bonds is 0. The van der Waals surface area contributed by atoms with Gasteiger partial charge in [-0.15, -0.1) is 0 Å². The minimum atomic E-state index is -1.33. The molecule has 4 N–H and O–H groups in total. The summed E-state index contributed by atoms with van der Waals surface area (Å²) in [5.41, 5.74) is 4.03. The monoisotopic (exact) mass is 177 g/mol. The molecule has 0 aromatic carbocycles. The Kier molecular flexibility index (Phi) is 3.71. The van der Waals surface area contributed by atoms with Gasteiger partial charge in [-0.3, -0.25) is 4.79 Å². The second-order valence-electron chi connectivity index (χ2n) is 1.85. The van der Waals surface area contributed by atoms with E-state index in [1.807, 2.05) is 0 Å². The fourth-order valence-electron chi connectivity index (χ4n) is 0.463. The second kappa shape index (κ2) is 4.29. The molecule has 1 atom stereocenters. The zero-order valence-electron chi connectivity index (χ0n) is 5.89. The van der Waals surface area contributed by atoms with Crippen LogP contribution >= 0.6 is 0 Å². The molecule has 68 valence electrons. The molecule has 0 bridgehead atoms. The molecule has 0 spiro atoms. The number of ether oxygens (including phenoxy) is 1. The maximum Gasteiger partial charge on any atom is 0.402 e. The van der Waals surface area contributed by atoms with E-state index < -0.39 is 24.1 Å². The first-order chi connectivity index (χ1) is 5.43. The van der Waals surface area contributed by atoms with Crippen LogP contribution in [0.2, 0.25) is 0 Å². The number of carbonyl (C=O) groups excluding carboxylic acids is 2. The van der Waals surface area contributed by atoms with Gasteiger partial charge in [0.15, 0.2) is 6.10 Å². The molecule has 1 fully saturated rings. The Balaban J connectivity index is 0.000000261. The number of carboxylic acid groups (broad SMARTS) is 1. The summed E-state index contributed by atoms with van der Waals surface area (Å²) in [7, 11) is 0. The van der Waals surface area contributed by atoms with E-state index in [0.717, 1.165) is 0 Å². The van der Waals surface area contributed by atoms with E-state index in [1.54, 1.807) is 0 Å². The van der Waals surface area contributed by atoms with Crippen LogP contribution in [0.25, 0.3) is 0 Å². The molecule has 0 aromatic heterocycles. The third-order valence-corrected chi connectivity index (χ3v) is 0.847. The van der Waals surface area contributed by atoms with Crippen molar-refractivity contribution in [2.45, 2.75) is 12.5 Å². The molecule has 0 saturated carbocycles. The Morgan fingerprint density at radius 2 is 2.00 bits per heavy atom. The summed E-state index contributed by atoms with van der Waals surface area (Å²) in [6.45, 7) is 0. The van der Waals surface area contributed by atoms with Crippen molar-refractivity contribution in [3.05, 3.63) is 0 Å². The number of hydrogen-bond acceptors (Lipinski definition) is 5. The SMILES string of the molecule is NC(=O)O.O=C1CC(O)C(=O)O1. The first-order valence-electron chi connectivity index (χ1n) is 2.84. The third-order valence-electron chi connectivity index (χ3n) is 0.847. The summed E-state index contributed by atoms with van der Waals surface area (Å²) in [5, 5.41) is 15.7. The van der Waals surface area contributed by atoms with Crippen LogP contribution < -0.4 is 5.73 Å². The summed E-state index contributed by atoms with van der Waals surface area (Å²) in [5.74, 6) is -1.49. The fourth-order valence-corrected chi connectivity index (χ4v) is 0.463. The van der Waals surface area contributed by atoms with E-state index in [2.05, 4.69) is 10.5 Å². The van der Waals surface area contributed by atoms with Crippen LogP contribution in [-0.2, 0) is 14.3 Å². The van der Waals surface area contributed by atoms with Crippen molar-refractivity contribution >= 4 is 18.0 Å². The first-order valence-corrected chi connectivity index (χ1v) is 2.84. The van der Waals surface area contributed by atoms with Gasteiger partial charge in [0, 0.05) is 0 Å². The van der Waals surface area contributed by atoms with Gasteiger partial charge in [-0.2, -0.15) is 0 Å². The highest BCUT2D eigenvalue weighted by atomic mass is 16.6. The van der Waals surface area contributed by atoms with Gasteiger partial charge in [-0.1, -0.05) is 0 Å². The van der Waals surface area contributed by atoms with Gasteiger partial charge in [0.1, 0.15) is 0 Å². The molecule has 1 heterocycles. The van der Waals surface area contributed by atoms with Gasteiger partial charge in [-0.25, -0.2) is 9.59 Å². The van der Waals surface area contributed by atoms with E-state index >= 15 is 0 Å². The molecule has 7 heteroatoms. The lowest BCUT2D eigenvalue weighted by Gasteiger charge is -1.86. The van der Waals surface area contributed by atoms with Crippen molar-refractivity contribution in [3.8, 4) is 0 Å². The van der Waals surface area contributed by atoms with E-state index in [0.29, 0.717) is 0 Å². The minimum Gasteiger partial charge on any atom is -0.465 e. The van der Waals surface area contributed by atoms with Crippen LogP contribution in [0.3, 0.4) is 0 Å². The summed E-state index contributed by atoms with van der Waals surface area (Å²) in [6, 6.07) is 0. The lowest BCUT2D eigenvalue weighted by molar-refractivity contribution is -0.154. The van der Waals surface area contributed by atoms with E-state index in [-0.39, 0.29) is 6.42 Å². The Hall–Kier alpha value is -1.63. The molecular weight excluding hydrogens is 170 g/mol. The Morgan fingerprint density at radius 1 is 1.58 bits per heavy atom. The van der Waals surface area contributed by atoms with Crippen molar-refractivity contribution in [2.75, 3.05) is 0 Å². The van der Waals surface area contributed by atoms with Gasteiger partial charge < -0.3 is 20.7 Å². The van der Waals surface area contributed by atoms with E-state index in [9.17, 15) is 9.59 Å². The molecular formula is C5H7NO6. The molecule has 1 aliphatic rings. The molecule has 1 aliphatic heterocycles. The second-order valence-corrected chi connectivity index (χ2v) is 1.85. The molecule has 0 aromatic rings. The summed E-state index contributed by atoms with van der Waals surface area (Å²) in [6.07, 6.45) is -2.75. The quantitative estimate of drug-likeness (QED) is 0.303. The standard InChI is InChI=1S/C4H4O4.CH3NO2/c5-2-1-3(6)8-4(2)7;2-1(3)4/h2,5H,1H2;2H2,(H,3,4). The molecule has 1 amide bonds. The molecule has 7 nitrogen and oxygen atoms in total. The Bertz CT molecular complexity index is 208. The van der Waals surface area contributed by atoms with Crippen molar-refractivity contribution in [2.24, 2.45) is 5.73 Å². The number of cyclic esters (lactones) is 2. The fraction of sp³-hybridized carbons (Fsp3) is 0.400. The van der Waals surface area contributed by atoms with E-state index in [4.69, 9.17) is 15.0 Å². The zero-order valence-corrected chi connectivity index (χ0v) is 5.89. The normalized spacial score (nSPS) is 20.9. The minimum absolute atomic E-state index is 0.196. The maximum atomic E-state index is 10.1. The predicted octanol–water partition coefficient (Wildman–Crippen LogP) is -1.56. The average molecular weight is 177 g/mol. The number of aliphatic hydroxyl groups is 1. The number of carbonyl (C=O) groups is 3. The summed E-state index contributed by atoms with van der Waals surface area (Å²) in [4.78, 5) is 28.9. The highest BCUT2D eigenvalue weighted by Gasteiger charge is 2.30. The average Bonchev–Trinajstić information content (AvgIpc) is 2.08. The van der Waals surface area contributed by atoms with Crippen molar-refractivity contribution in [1.29, 1.82) is 0 Å². The largest absolute Gasteiger partial charge is 0.465 e. The van der Waals surface area contributed by atoms with Crippen LogP contribution in [-0.4, -0.2) is 34.3 Å². The van der Waals surface area contributed by atoms with Crippen LogP contribution in [0, 0.1) is 0 Å². The number of esters is 2. The van der Waals surface area contributed by atoms with E-state index in [1.165, 1.54) is 0 Å². The van der Waals surface area contributed by atoms with Crippen LogP contribution in [0.1, 0.15) is 6.42 Å². The highest BCUT2D eigenvalue weighted by molar-refractivity contribution is 5.95.